The highest BCUT2D eigenvalue weighted by molar-refractivity contribution is 5.96. The number of nitrogens with zero attached hydrogens (tertiary/aromatic N) is 5. The Balaban J connectivity index is 0.847. The summed E-state index contributed by atoms with van der Waals surface area (Å²) < 4.78 is 14.5. The van der Waals surface area contributed by atoms with Gasteiger partial charge in [0.2, 0.25) is 0 Å². The van der Waals surface area contributed by atoms with E-state index in [0.29, 0.717) is 22.3 Å². The summed E-state index contributed by atoms with van der Waals surface area (Å²) in [6, 6.07) is 24.0. The van der Waals surface area contributed by atoms with Crippen LogP contribution in [0.25, 0.3) is 22.3 Å². The Labute approximate surface area is 291 Å². The average Bonchev–Trinajstić information content (AvgIpc) is 3.17. The Morgan fingerprint density at radius 3 is 1.96 bits per heavy atom. The molecule has 2 aliphatic rings. The number of carbonyl (C=O) groups is 2. The fourth-order valence-electron chi connectivity index (χ4n) is 6.76. The number of nitrogens with one attached hydrogen (secondary N) is 2. The summed E-state index contributed by atoms with van der Waals surface area (Å²) in [6.07, 6.45) is 12.1. The highest BCUT2D eigenvalue weighted by Crippen LogP contribution is 2.25. The highest BCUT2D eigenvalue weighted by atomic mass is 19.1. The van der Waals surface area contributed by atoms with Crippen LogP contribution in [0.3, 0.4) is 0 Å². The summed E-state index contributed by atoms with van der Waals surface area (Å²) in [7, 11) is 0. The molecule has 3 aromatic heterocycles. The van der Waals surface area contributed by atoms with Crippen LogP contribution in [0.4, 0.5) is 10.2 Å². The van der Waals surface area contributed by atoms with E-state index < -0.39 is 0 Å². The van der Waals surface area contributed by atoms with Crippen LogP contribution in [0.5, 0.6) is 0 Å². The first-order chi connectivity index (χ1) is 24.5. The molecule has 0 unspecified atom stereocenters. The molecule has 0 aliphatic carbocycles. The second-order valence-corrected chi connectivity index (χ2v) is 13.0. The van der Waals surface area contributed by atoms with Crippen molar-refractivity contribution < 1.29 is 14.0 Å². The summed E-state index contributed by atoms with van der Waals surface area (Å²) in [5.41, 5.74) is 5.22. The molecule has 0 bridgehead atoms. The van der Waals surface area contributed by atoms with Gasteiger partial charge in [0.15, 0.2) is 0 Å². The van der Waals surface area contributed by atoms with Gasteiger partial charge in [-0.1, -0.05) is 30.3 Å². The van der Waals surface area contributed by atoms with Crippen molar-refractivity contribution in [2.24, 2.45) is 0 Å². The topological polar surface area (TPSA) is 103 Å². The first-order valence-corrected chi connectivity index (χ1v) is 17.2. The molecule has 2 N–H and O–H groups in total. The van der Waals surface area contributed by atoms with Gasteiger partial charge in [-0.3, -0.25) is 24.5 Å². The number of hydrogen-bond acceptors (Lipinski definition) is 7. The fourth-order valence-corrected chi connectivity index (χ4v) is 6.76. The van der Waals surface area contributed by atoms with Gasteiger partial charge in [-0.2, -0.15) is 0 Å². The van der Waals surface area contributed by atoms with E-state index in [0.717, 1.165) is 80.9 Å². The van der Waals surface area contributed by atoms with E-state index in [1.165, 1.54) is 12.1 Å². The SMILES string of the molecule is O=C(NC1CCN(Cc2ccc(N3CCC(NC(=O)c4cccc(-c5cccnc5)c4)CC3)nc2)CC1)c1ccc(F)c(-c2cccnc2)c1. The largest absolute Gasteiger partial charge is 0.356 e. The molecule has 2 amide bonds. The summed E-state index contributed by atoms with van der Waals surface area (Å²) in [4.78, 5) is 43.8. The summed E-state index contributed by atoms with van der Waals surface area (Å²) in [6.45, 7) is 4.19. The zero-order chi connectivity index (χ0) is 34.3. The van der Waals surface area contributed by atoms with E-state index in [2.05, 4.69) is 42.5 Å². The van der Waals surface area contributed by atoms with Gasteiger partial charge in [0.05, 0.1) is 0 Å². The molecule has 0 radical (unpaired) electrons. The molecular formula is C40H40FN7O2. The molecule has 5 aromatic rings. The Morgan fingerprint density at radius 2 is 1.32 bits per heavy atom. The molecule has 0 spiro atoms. The van der Waals surface area contributed by atoms with Crippen molar-refractivity contribution in [3.05, 3.63) is 132 Å². The van der Waals surface area contributed by atoms with Crippen LogP contribution in [0.2, 0.25) is 0 Å². The van der Waals surface area contributed by atoms with Gasteiger partial charge in [0.1, 0.15) is 11.6 Å². The third kappa shape index (κ3) is 8.03. The lowest BCUT2D eigenvalue weighted by molar-refractivity contribution is 0.0906. The quantitative estimate of drug-likeness (QED) is 0.195. The van der Waals surface area contributed by atoms with E-state index in [9.17, 15) is 14.0 Å². The number of benzene rings is 2. The monoisotopic (exact) mass is 669 g/mol. The van der Waals surface area contributed by atoms with Crippen LogP contribution in [-0.4, -0.2) is 69.9 Å². The summed E-state index contributed by atoms with van der Waals surface area (Å²) in [5.74, 6) is 0.338. The molecule has 0 atom stereocenters. The molecule has 5 heterocycles. The van der Waals surface area contributed by atoms with Crippen molar-refractivity contribution in [2.75, 3.05) is 31.1 Å². The lowest BCUT2D eigenvalue weighted by Gasteiger charge is -2.34. The standard InChI is InChI=1S/C40H40FN7O2/c41-37-10-9-31(23-36(37)33-7-3-17-43-26-33)40(50)45-34-12-18-47(19-13-34)27-28-8-11-38(44-24-28)48-20-14-35(15-21-48)46-39(49)30-5-1-4-29(22-30)32-6-2-16-42-25-32/h1-11,16-17,22-26,34-35H,12-15,18-21,27H2,(H,45,50)(H,46,49). The van der Waals surface area contributed by atoms with Crippen LogP contribution in [0.15, 0.2) is 110 Å². The Kier molecular flexibility index (Phi) is 10.2. The second-order valence-electron chi connectivity index (χ2n) is 13.0. The van der Waals surface area contributed by atoms with E-state index in [-0.39, 0.29) is 29.7 Å². The van der Waals surface area contributed by atoms with Crippen LogP contribution >= 0.6 is 0 Å². The van der Waals surface area contributed by atoms with E-state index >= 15 is 0 Å². The number of hydrogen-bond donors (Lipinski definition) is 2. The molecule has 2 aromatic carbocycles. The Hall–Kier alpha value is -5.48. The maximum atomic E-state index is 14.5. The van der Waals surface area contributed by atoms with Crippen molar-refractivity contribution in [2.45, 2.75) is 44.3 Å². The number of carbonyl (C=O) groups excluding carboxylic acids is 2. The lowest BCUT2D eigenvalue weighted by atomic mass is 10.0. The van der Waals surface area contributed by atoms with Crippen molar-refractivity contribution in [1.82, 2.24) is 30.5 Å². The molecule has 9 nitrogen and oxygen atoms in total. The molecule has 2 fully saturated rings. The van der Waals surface area contributed by atoms with Gasteiger partial charge in [0, 0.05) is 104 Å². The van der Waals surface area contributed by atoms with Crippen LogP contribution in [0, 0.1) is 5.82 Å². The van der Waals surface area contributed by atoms with Gasteiger partial charge >= 0.3 is 0 Å². The third-order valence-electron chi connectivity index (χ3n) is 9.61. The minimum Gasteiger partial charge on any atom is -0.356 e. The zero-order valence-electron chi connectivity index (χ0n) is 27.8. The number of anilines is 1. The normalized spacial score (nSPS) is 15.8. The molecule has 10 heteroatoms. The Morgan fingerprint density at radius 1 is 0.680 bits per heavy atom. The van der Waals surface area contributed by atoms with Crippen molar-refractivity contribution in [3.63, 3.8) is 0 Å². The number of rotatable bonds is 9. The van der Waals surface area contributed by atoms with Gasteiger partial charge in [-0.05, 0) is 85.3 Å². The molecule has 0 saturated carbocycles. The fraction of sp³-hybridized carbons (Fsp3) is 0.275. The van der Waals surface area contributed by atoms with Gasteiger partial charge < -0.3 is 15.5 Å². The predicted molar refractivity (Wildman–Crippen MR) is 192 cm³/mol. The van der Waals surface area contributed by atoms with E-state index in [4.69, 9.17) is 4.98 Å². The molecule has 254 valence electrons. The lowest BCUT2D eigenvalue weighted by Crippen LogP contribution is -2.45. The van der Waals surface area contributed by atoms with Crippen molar-refractivity contribution >= 4 is 17.6 Å². The zero-order valence-corrected chi connectivity index (χ0v) is 27.8. The first kappa shape index (κ1) is 33.0. The second kappa shape index (κ2) is 15.4. The number of likely N-dealkylation sites (tertiary alicyclic amines) is 1. The van der Waals surface area contributed by atoms with E-state index in [1.807, 2.05) is 42.6 Å². The van der Waals surface area contributed by atoms with Gasteiger partial charge in [-0.15, -0.1) is 0 Å². The van der Waals surface area contributed by atoms with Gasteiger partial charge in [-0.25, -0.2) is 9.37 Å². The molecule has 2 aliphatic heterocycles. The van der Waals surface area contributed by atoms with E-state index in [1.54, 1.807) is 43.0 Å². The maximum Gasteiger partial charge on any atom is 0.251 e. The smallest absolute Gasteiger partial charge is 0.251 e. The number of pyridine rings is 3. The third-order valence-corrected chi connectivity index (χ3v) is 9.61. The average molecular weight is 670 g/mol. The minimum atomic E-state index is -0.379. The van der Waals surface area contributed by atoms with Crippen molar-refractivity contribution in [3.8, 4) is 22.3 Å². The summed E-state index contributed by atoms with van der Waals surface area (Å²) in [5, 5.41) is 6.37. The number of halogens is 1. The molecule has 2 saturated heterocycles. The van der Waals surface area contributed by atoms with Crippen molar-refractivity contribution in [1.29, 1.82) is 0 Å². The van der Waals surface area contributed by atoms with Gasteiger partial charge in [0.25, 0.3) is 11.8 Å². The molecular weight excluding hydrogens is 629 g/mol. The minimum absolute atomic E-state index is 0.0497. The predicted octanol–water partition coefficient (Wildman–Crippen LogP) is 6.14. The number of aromatic nitrogens is 3. The number of amides is 2. The molecule has 50 heavy (non-hydrogen) atoms. The van der Waals surface area contributed by atoms with Crippen LogP contribution in [0.1, 0.15) is 52.0 Å². The highest BCUT2D eigenvalue weighted by Gasteiger charge is 2.24. The first-order valence-electron chi connectivity index (χ1n) is 17.2. The molecule has 7 rings (SSSR count). The van der Waals surface area contributed by atoms with Crippen LogP contribution < -0.4 is 15.5 Å². The number of piperidine rings is 2. The summed E-state index contributed by atoms with van der Waals surface area (Å²) >= 11 is 0. The maximum absolute atomic E-state index is 14.5. The van der Waals surface area contributed by atoms with Crippen LogP contribution in [-0.2, 0) is 6.54 Å². The Bertz CT molecular complexity index is 1910.